The minimum absolute atomic E-state index is 0.186. The normalized spacial score (nSPS) is 15.4. The Morgan fingerprint density at radius 3 is 2.28 bits per heavy atom. The summed E-state index contributed by atoms with van der Waals surface area (Å²) in [6.45, 7) is 12.0. The Morgan fingerprint density at radius 2 is 1.83 bits per heavy atom. The number of rotatable bonds is 9. The number of carboxylic acid groups (broad SMARTS) is 1. The molecule has 0 heterocycles. The van der Waals surface area contributed by atoms with Gasteiger partial charge < -0.3 is 10.4 Å². The maximum absolute atomic E-state index is 10.7. The van der Waals surface area contributed by atoms with Gasteiger partial charge in [0.05, 0.1) is 0 Å². The average Bonchev–Trinajstić information content (AvgIpc) is 2.21. The molecule has 0 bridgehead atoms. The quantitative estimate of drug-likeness (QED) is 0.662. The highest BCUT2D eigenvalue weighted by molar-refractivity contribution is 5.66. The lowest BCUT2D eigenvalue weighted by atomic mass is 9.76. The molecule has 0 rings (SSSR count). The largest absolute Gasteiger partial charge is 0.481 e. The third-order valence-electron chi connectivity index (χ3n) is 3.64. The summed E-state index contributed by atoms with van der Waals surface area (Å²) in [7, 11) is 0. The van der Waals surface area contributed by atoms with Gasteiger partial charge in [-0.05, 0) is 44.1 Å². The van der Waals surface area contributed by atoms with E-state index >= 15 is 0 Å². The summed E-state index contributed by atoms with van der Waals surface area (Å²) < 4.78 is 0. The van der Waals surface area contributed by atoms with Crippen LogP contribution in [0.4, 0.5) is 0 Å². The Morgan fingerprint density at radius 1 is 1.22 bits per heavy atom. The molecule has 0 aromatic carbocycles. The van der Waals surface area contributed by atoms with Crippen LogP contribution >= 0.6 is 0 Å². The first-order chi connectivity index (χ1) is 8.27. The molecule has 0 aromatic rings. The average molecular weight is 257 g/mol. The van der Waals surface area contributed by atoms with Crippen molar-refractivity contribution in [2.45, 2.75) is 72.8 Å². The first-order valence-corrected chi connectivity index (χ1v) is 7.22. The number of nitrogens with one attached hydrogen (secondary N) is 1. The molecular formula is C15H31NO2. The van der Waals surface area contributed by atoms with Gasteiger partial charge in [-0.15, -0.1) is 0 Å². The summed E-state index contributed by atoms with van der Waals surface area (Å²) in [6.07, 6.45) is 4.53. The first kappa shape index (κ1) is 17.4. The van der Waals surface area contributed by atoms with Gasteiger partial charge in [0.15, 0.2) is 0 Å². The summed E-state index contributed by atoms with van der Waals surface area (Å²) in [5.41, 5.74) is 0.186. The van der Waals surface area contributed by atoms with Crippen molar-refractivity contribution in [2.24, 2.45) is 11.3 Å². The van der Waals surface area contributed by atoms with Crippen LogP contribution in [0.3, 0.4) is 0 Å². The monoisotopic (exact) mass is 257 g/mol. The lowest BCUT2D eigenvalue weighted by Crippen LogP contribution is -2.31. The van der Waals surface area contributed by atoms with E-state index in [-0.39, 0.29) is 11.8 Å². The van der Waals surface area contributed by atoms with E-state index < -0.39 is 5.97 Å². The van der Waals surface area contributed by atoms with Crippen molar-refractivity contribution in [3.05, 3.63) is 0 Å². The molecule has 0 radical (unpaired) electrons. The van der Waals surface area contributed by atoms with E-state index in [9.17, 15) is 4.79 Å². The van der Waals surface area contributed by atoms with Crippen LogP contribution in [0.15, 0.2) is 0 Å². The van der Waals surface area contributed by atoms with Gasteiger partial charge in [0, 0.05) is 12.5 Å². The van der Waals surface area contributed by atoms with Crippen LogP contribution in [0, 0.1) is 11.3 Å². The summed E-state index contributed by atoms with van der Waals surface area (Å²) in [4.78, 5) is 10.7. The van der Waals surface area contributed by atoms with E-state index in [4.69, 9.17) is 5.11 Å². The van der Waals surface area contributed by atoms with E-state index in [1.807, 2.05) is 0 Å². The molecule has 3 heteroatoms. The highest BCUT2D eigenvalue weighted by atomic mass is 16.4. The van der Waals surface area contributed by atoms with Gasteiger partial charge in [-0.3, -0.25) is 4.79 Å². The molecule has 2 atom stereocenters. The van der Waals surface area contributed by atoms with Crippen LogP contribution in [-0.4, -0.2) is 23.7 Å². The minimum Gasteiger partial charge on any atom is -0.481 e. The Bertz CT molecular complexity index is 233. The molecule has 0 amide bonds. The Labute approximate surface area is 112 Å². The molecular weight excluding hydrogens is 226 g/mol. The fourth-order valence-electron chi connectivity index (χ4n) is 2.35. The van der Waals surface area contributed by atoms with E-state index in [1.54, 1.807) is 0 Å². The number of carbonyl (C=O) groups is 1. The van der Waals surface area contributed by atoms with Crippen molar-refractivity contribution in [1.29, 1.82) is 0 Å². The van der Waals surface area contributed by atoms with Crippen molar-refractivity contribution in [2.75, 3.05) is 6.54 Å². The molecule has 0 fully saturated rings. The van der Waals surface area contributed by atoms with Gasteiger partial charge in [0.25, 0.3) is 0 Å². The van der Waals surface area contributed by atoms with Gasteiger partial charge >= 0.3 is 5.97 Å². The molecule has 0 aliphatic heterocycles. The Hall–Kier alpha value is -0.570. The van der Waals surface area contributed by atoms with Gasteiger partial charge in [-0.2, -0.15) is 0 Å². The zero-order valence-corrected chi connectivity index (χ0v) is 12.8. The van der Waals surface area contributed by atoms with Gasteiger partial charge in [0.1, 0.15) is 0 Å². The summed E-state index contributed by atoms with van der Waals surface area (Å²) >= 11 is 0. The summed E-state index contributed by atoms with van der Waals surface area (Å²) in [6, 6.07) is 0.565. The van der Waals surface area contributed by atoms with Gasteiger partial charge in [-0.25, -0.2) is 0 Å². The maximum atomic E-state index is 10.7. The molecule has 2 unspecified atom stereocenters. The van der Waals surface area contributed by atoms with Crippen LogP contribution < -0.4 is 5.32 Å². The number of hydrogen-bond acceptors (Lipinski definition) is 2. The zero-order valence-electron chi connectivity index (χ0n) is 12.8. The van der Waals surface area contributed by atoms with Crippen LogP contribution in [0.25, 0.3) is 0 Å². The molecule has 3 nitrogen and oxygen atoms in total. The SMILES string of the molecule is CCCC(C)NCCC(CCC(=O)O)C(C)(C)C. The zero-order chi connectivity index (χ0) is 14.2. The van der Waals surface area contributed by atoms with E-state index in [2.05, 4.69) is 39.9 Å². The molecule has 0 aliphatic rings. The number of carboxylic acids is 1. The predicted molar refractivity (Wildman–Crippen MR) is 76.8 cm³/mol. The molecule has 0 saturated heterocycles. The Balaban J connectivity index is 4.06. The number of aliphatic carboxylic acids is 1. The molecule has 18 heavy (non-hydrogen) atoms. The summed E-state index contributed by atoms with van der Waals surface area (Å²) in [5.74, 6) is -0.216. The third kappa shape index (κ3) is 8.51. The highest BCUT2D eigenvalue weighted by Gasteiger charge is 2.24. The van der Waals surface area contributed by atoms with Crippen LogP contribution in [0.2, 0.25) is 0 Å². The van der Waals surface area contributed by atoms with Crippen molar-refractivity contribution >= 4 is 5.97 Å². The minimum atomic E-state index is -0.684. The van der Waals surface area contributed by atoms with Crippen molar-refractivity contribution < 1.29 is 9.90 Å². The molecule has 0 aromatic heterocycles. The second kappa shape index (κ2) is 8.52. The highest BCUT2D eigenvalue weighted by Crippen LogP contribution is 2.32. The topological polar surface area (TPSA) is 49.3 Å². The molecule has 0 aliphatic carbocycles. The van der Waals surface area contributed by atoms with Gasteiger partial charge in [-0.1, -0.05) is 34.1 Å². The van der Waals surface area contributed by atoms with E-state index in [0.29, 0.717) is 12.0 Å². The maximum Gasteiger partial charge on any atom is 0.303 e. The smallest absolute Gasteiger partial charge is 0.303 e. The lowest BCUT2D eigenvalue weighted by Gasteiger charge is -2.31. The predicted octanol–water partition coefficient (Wildman–Crippen LogP) is 3.68. The van der Waals surface area contributed by atoms with Crippen molar-refractivity contribution in [3.63, 3.8) is 0 Å². The number of hydrogen-bond donors (Lipinski definition) is 2. The van der Waals surface area contributed by atoms with E-state index in [0.717, 1.165) is 19.4 Å². The van der Waals surface area contributed by atoms with Gasteiger partial charge in [0.2, 0.25) is 0 Å². The first-order valence-electron chi connectivity index (χ1n) is 7.22. The fourth-order valence-corrected chi connectivity index (χ4v) is 2.35. The van der Waals surface area contributed by atoms with Crippen LogP contribution in [0.5, 0.6) is 0 Å². The van der Waals surface area contributed by atoms with Crippen molar-refractivity contribution in [1.82, 2.24) is 5.32 Å². The third-order valence-corrected chi connectivity index (χ3v) is 3.64. The fraction of sp³-hybridized carbons (Fsp3) is 0.933. The van der Waals surface area contributed by atoms with Crippen LogP contribution in [0.1, 0.15) is 66.7 Å². The van der Waals surface area contributed by atoms with Crippen LogP contribution in [-0.2, 0) is 4.79 Å². The van der Waals surface area contributed by atoms with E-state index in [1.165, 1.54) is 12.8 Å². The Kier molecular flexibility index (Phi) is 8.25. The molecule has 0 spiro atoms. The second-order valence-corrected chi connectivity index (χ2v) is 6.43. The lowest BCUT2D eigenvalue weighted by molar-refractivity contribution is -0.137. The molecule has 108 valence electrons. The summed E-state index contributed by atoms with van der Waals surface area (Å²) in [5, 5.41) is 12.3. The molecule has 0 saturated carbocycles. The van der Waals surface area contributed by atoms with Crippen molar-refractivity contribution in [3.8, 4) is 0 Å². The second-order valence-electron chi connectivity index (χ2n) is 6.43. The molecule has 2 N–H and O–H groups in total. The standard InChI is InChI=1S/C15H31NO2/c1-6-7-12(2)16-11-10-13(15(3,4)5)8-9-14(17)18/h12-13,16H,6-11H2,1-5H3,(H,17,18).